The topological polar surface area (TPSA) is 29.1 Å². The molecule has 1 unspecified atom stereocenters. The Morgan fingerprint density at radius 2 is 1.71 bits per heavy atom. The number of carbonyl (C=O) groups is 1. The van der Waals surface area contributed by atoms with Crippen LogP contribution < -0.4 is 5.32 Å². The van der Waals surface area contributed by atoms with E-state index < -0.39 is 0 Å². The average Bonchev–Trinajstić information content (AvgIpc) is 2.52. The number of amides is 1. The van der Waals surface area contributed by atoms with Gasteiger partial charge in [0.1, 0.15) is 0 Å². The van der Waals surface area contributed by atoms with Crippen molar-refractivity contribution in [3.8, 4) is 0 Å². The van der Waals surface area contributed by atoms with Crippen LogP contribution in [0.2, 0.25) is 0 Å². The molecule has 2 aromatic rings. The van der Waals surface area contributed by atoms with E-state index in [9.17, 15) is 4.79 Å². The highest BCUT2D eigenvalue weighted by molar-refractivity contribution is 5.83. The molecule has 2 nitrogen and oxygen atoms in total. The molecule has 0 aromatic heterocycles. The Bertz CT molecular complexity index is 560. The summed E-state index contributed by atoms with van der Waals surface area (Å²) in [7, 11) is 0. The van der Waals surface area contributed by atoms with Gasteiger partial charge in [0, 0.05) is 6.54 Å². The molecule has 2 heteroatoms. The zero-order chi connectivity index (χ0) is 15.1. The fraction of sp³-hybridized carbons (Fsp3) is 0.316. The summed E-state index contributed by atoms with van der Waals surface area (Å²) < 4.78 is 0. The van der Waals surface area contributed by atoms with E-state index in [0.29, 0.717) is 6.54 Å². The summed E-state index contributed by atoms with van der Waals surface area (Å²) in [6.45, 7) is 4.77. The van der Waals surface area contributed by atoms with Crippen LogP contribution in [-0.4, -0.2) is 5.91 Å². The van der Waals surface area contributed by atoms with Gasteiger partial charge in [-0.25, -0.2) is 0 Å². The normalized spacial score (nSPS) is 11.9. The molecule has 0 saturated heterocycles. The number of hydrogen-bond donors (Lipinski definition) is 1. The fourth-order valence-corrected chi connectivity index (χ4v) is 2.44. The van der Waals surface area contributed by atoms with Gasteiger partial charge in [0.05, 0.1) is 5.92 Å². The molecule has 0 aliphatic carbocycles. The van der Waals surface area contributed by atoms with Crippen LogP contribution in [0.15, 0.2) is 54.6 Å². The lowest BCUT2D eigenvalue weighted by atomic mass is 9.93. The van der Waals surface area contributed by atoms with Crippen LogP contribution in [0.4, 0.5) is 0 Å². The Kier molecular flexibility index (Phi) is 5.56. The molecule has 0 bridgehead atoms. The second-order valence-corrected chi connectivity index (χ2v) is 5.46. The Hall–Kier alpha value is -2.09. The van der Waals surface area contributed by atoms with Crippen molar-refractivity contribution in [2.75, 3.05) is 0 Å². The Morgan fingerprint density at radius 3 is 2.33 bits per heavy atom. The van der Waals surface area contributed by atoms with Crippen molar-refractivity contribution in [1.29, 1.82) is 0 Å². The van der Waals surface area contributed by atoms with Gasteiger partial charge >= 0.3 is 0 Å². The van der Waals surface area contributed by atoms with Gasteiger partial charge in [-0.3, -0.25) is 4.79 Å². The lowest BCUT2D eigenvalue weighted by Gasteiger charge is -2.16. The lowest BCUT2D eigenvalue weighted by Crippen LogP contribution is -2.29. The maximum Gasteiger partial charge on any atom is 0.227 e. The summed E-state index contributed by atoms with van der Waals surface area (Å²) >= 11 is 0. The largest absolute Gasteiger partial charge is 0.351 e. The van der Waals surface area contributed by atoms with Crippen LogP contribution >= 0.6 is 0 Å². The lowest BCUT2D eigenvalue weighted by molar-refractivity contribution is -0.122. The third kappa shape index (κ3) is 4.45. The molecule has 0 spiro atoms. The molecule has 21 heavy (non-hydrogen) atoms. The van der Waals surface area contributed by atoms with Gasteiger partial charge < -0.3 is 5.32 Å². The molecular formula is C19H23NO. The number of carbonyl (C=O) groups excluding carboxylic acids is 1. The third-order valence-corrected chi connectivity index (χ3v) is 3.68. The SMILES string of the molecule is CCCC(C(=O)NCc1ccc(C)cc1)c1ccccc1. The van der Waals surface area contributed by atoms with Crippen LogP contribution in [0.5, 0.6) is 0 Å². The second-order valence-electron chi connectivity index (χ2n) is 5.46. The number of rotatable bonds is 6. The monoisotopic (exact) mass is 281 g/mol. The molecule has 0 heterocycles. The zero-order valence-electron chi connectivity index (χ0n) is 12.8. The standard InChI is InChI=1S/C19H23NO/c1-3-7-18(17-8-5-4-6-9-17)19(21)20-14-16-12-10-15(2)11-13-16/h4-6,8-13,18H,3,7,14H2,1-2H3,(H,20,21). The first-order chi connectivity index (χ1) is 10.2. The van der Waals surface area contributed by atoms with E-state index in [1.165, 1.54) is 5.56 Å². The van der Waals surface area contributed by atoms with Crippen LogP contribution in [0.25, 0.3) is 0 Å². The minimum Gasteiger partial charge on any atom is -0.351 e. The van der Waals surface area contributed by atoms with Crippen LogP contribution in [0.3, 0.4) is 0 Å². The van der Waals surface area contributed by atoms with Crippen molar-refractivity contribution in [3.63, 3.8) is 0 Å². The molecule has 110 valence electrons. The highest BCUT2D eigenvalue weighted by Crippen LogP contribution is 2.21. The van der Waals surface area contributed by atoms with Gasteiger partial charge in [-0.1, -0.05) is 73.5 Å². The van der Waals surface area contributed by atoms with Gasteiger partial charge in [-0.2, -0.15) is 0 Å². The smallest absolute Gasteiger partial charge is 0.227 e. The van der Waals surface area contributed by atoms with E-state index in [-0.39, 0.29) is 11.8 Å². The maximum absolute atomic E-state index is 12.5. The Balaban J connectivity index is 2.00. The summed E-state index contributed by atoms with van der Waals surface area (Å²) in [5, 5.41) is 3.06. The molecule has 0 aliphatic rings. The number of benzene rings is 2. The summed E-state index contributed by atoms with van der Waals surface area (Å²) in [5.74, 6) is 0.0604. The van der Waals surface area contributed by atoms with Crippen LogP contribution in [0.1, 0.15) is 42.4 Å². The van der Waals surface area contributed by atoms with Crippen molar-refractivity contribution >= 4 is 5.91 Å². The van der Waals surface area contributed by atoms with E-state index in [4.69, 9.17) is 0 Å². The van der Waals surface area contributed by atoms with Crippen LogP contribution in [-0.2, 0) is 11.3 Å². The first-order valence-electron chi connectivity index (χ1n) is 7.59. The summed E-state index contributed by atoms with van der Waals surface area (Å²) in [5.41, 5.74) is 3.47. The molecule has 2 aromatic carbocycles. The van der Waals surface area contributed by atoms with E-state index in [1.807, 2.05) is 30.3 Å². The average molecular weight is 281 g/mol. The van der Waals surface area contributed by atoms with Crippen molar-refractivity contribution < 1.29 is 4.79 Å². The zero-order valence-corrected chi connectivity index (χ0v) is 12.8. The predicted octanol–water partition coefficient (Wildman–Crippen LogP) is 4.20. The molecule has 1 amide bonds. The van der Waals surface area contributed by atoms with Crippen molar-refractivity contribution in [1.82, 2.24) is 5.32 Å². The number of nitrogens with one attached hydrogen (secondary N) is 1. The van der Waals surface area contributed by atoms with Gasteiger partial charge in [0.15, 0.2) is 0 Å². The molecule has 1 N–H and O–H groups in total. The van der Waals surface area contributed by atoms with Gasteiger partial charge in [-0.05, 0) is 24.5 Å². The molecule has 0 saturated carbocycles. The first kappa shape index (κ1) is 15.3. The minimum absolute atomic E-state index is 0.0540. The van der Waals surface area contributed by atoms with Crippen LogP contribution in [0, 0.1) is 6.92 Å². The fourth-order valence-electron chi connectivity index (χ4n) is 2.44. The van der Waals surface area contributed by atoms with Crippen molar-refractivity contribution in [3.05, 3.63) is 71.3 Å². The van der Waals surface area contributed by atoms with E-state index in [1.54, 1.807) is 0 Å². The molecule has 2 rings (SSSR count). The van der Waals surface area contributed by atoms with Crippen molar-refractivity contribution in [2.45, 2.75) is 39.2 Å². The Labute approximate surface area is 127 Å². The second kappa shape index (κ2) is 7.63. The van der Waals surface area contributed by atoms with Gasteiger partial charge in [-0.15, -0.1) is 0 Å². The molecule has 0 aliphatic heterocycles. The van der Waals surface area contributed by atoms with Gasteiger partial charge in [0.25, 0.3) is 0 Å². The molecule has 0 fully saturated rings. The van der Waals surface area contributed by atoms with E-state index in [2.05, 4.69) is 43.4 Å². The Morgan fingerprint density at radius 1 is 1.05 bits per heavy atom. The predicted molar refractivity (Wildman–Crippen MR) is 87.1 cm³/mol. The number of hydrogen-bond acceptors (Lipinski definition) is 1. The summed E-state index contributed by atoms with van der Waals surface area (Å²) in [6, 6.07) is 18.3. The highest BCUT2D eigenvalue weighted by Gasteiger charge is 2.18. The summed E-state index contributed by atoms with van der Waals surface area (Å²) in [6.07, 6.45) is 1.88. The highest BCUT2D eigenvalue weighted by atomic mass is 16.1. The maximum atomic E-state index is 12.5. The van der Waals surface area contributed by atoms with Gasteiger partial charge in [0.2, 0.25) is 5.91 Å². The first-order valence-corrected chi connectivity index (χ1v) is 7.59. The molecule has 0 radical (unpaired) electrons. The third-order valence-electron chi connectivity index (χ3n) is 3.68. The van der Waals surface area contributed by atoms with E-state index in [0.717, 1.165) is 24.0 Å². The number of aryl methyl sites for hydroxylation is 1. The molecule has 1 atom stereocenters. The van der Waals surface area contributed by atoms with E-state index >= 15 is 0 Å². The molecular weight excluding hydrogens is 258 g/mol. The van der Waals surface area contributed by atoms with Crippen molar-refractivity contribution in [2.24, 2.45) is 0 Å². The summed E-state index contributed by atoms with van der Waals surface area (Å²) in [4.78, 5) is 12.5. The quantitative estimate of drug-likeness (QED) is 0.845. The minimum atomic E-state index is -0.0540.